The van der Waals surface area contributed by atoms with Crippen LogP contribution in [-0.4, -0.2) is 102 Å². The molecule has 2 fully saturated rings. The number of hydrogen-bond acceptors (Lipinski definition) is 10. The maximum atomic E-state index is 13.5. The van der Waals surface area contributed by atoms with Crippen LogP contribution in [-0.2, 0) is 11.2 Å². The van der Waals surface area contributed by atoms with E-state index in [1.165, 1.54) is 0 Å². The van der Waals surface area contributed by atoms with Crippen molar-refractivity contribution in [3.05, 3.63) is 52.9 Å². The predicted octanol–water partition coefficient (Wildman–Crippen LogP) is 5.35. The number of piperazine rings is 1. The average molecular weight is 707 g/mol. The molecule has 6 rings (SSSR count). The van der Waals surface area contributed by atoms with Crippen molar-refractivity contribution in [1.29, 1.82) is 0 Å². The van der Waals surface area contributed by atoms with Crippen LogP contribution in [0.5, 0.6) is 5.75 Å². The molecule has 2 N–H and O–H groups in total. The molecule has 2 aromatic carbocycles. The highest BCUT2D eigenvalue weighted by atomic mass is 79.9. The third-order valence-electron chi connectivity index (χ3n) is 8.83. The molecular weight excluding hydrogens is 665 g/mol. The fourth-order valence-corrected chi connectivity index (χ4v) is 7.82. The Balaban J connectivity index is 1.23. The molecule has 2 aliphatic heterocycles. The van der Waals surface area contributed by atoms with Crippen LogP contribution >= 0.6 is 23.9 Å². The monoisotopic (exact) mass is 705 g/mol. The minimum absolute atomic E-state index is 0.168. The molecule has 1 amide bonds. The molecule has 2 saturated heterocycles. The van der Waals surface area contributed by atoms with E-state index in [9.17, 15) is 4.79 Å². The van der Waals surface area contributed by atoms with E-state index in [1.807, 2.05) is 29.2 Å². The summed E-state index contributed by atoms with van der Waals surface area (Å²) in [5.41, 5.74) is 5.41. The van der Waals surface area contributed by atoms with Gasteiger partial charge in [-0.25, -0.2) is 4.98 Å². The van der Waals surface area contributed by atoms with Crippen LogP contribution in [0.4, 0.5) is 28.8 Å². The number of aromatic nitrogens is 4. The minimum Gasteiger partial charge on any atom is -0.494 e. The summed E-state index contributed by atoms with van der Waals surface area (Å²) in [6, 6.07) is 8.33. The lowest BCUT2D eigenvalue weighted by molar-refractivity contribution is -0.121. The Morgan fingerprint density at radius 3 is 2.52 bits per heavy atom. The van der Waals surface area contributed by atoms with Crippen LogP contribution in [0.25, 0.3) is 11.0 Å². The Labute approximate surface area is 280 Å². The Hall–Kier alpha value is -3.44. The number of fused-ring (bicyclic) bond motifs is 1. The van der Waals surface area contributed by atoms with Crippen LogP contribution in [0.15, 0.2) is 47.3 Å². The number of aryl methyl sites for hydroxylation is 1. The summed E-state index contributed by atoms with van der Waals surface area (Å²) in [6.45, 7) is 11.4. The number of ether oxygens (including phenoxy) is 1. The molecule has 11 nitrogen and oxygen atoms in total. The van der Waals surface area contributed by atoms with Crippen molar-refractivity contribution in [3.63, 3.8) is 0 Å². The molecule has 0 spiro atoms. The first kappa shape index (κ1) is 32.5. The highest BCUT2D eigenvalue weighted by molar-refractivity contribution is 9.10. The van der Waals surface area contributed by atoms with E-state index in [0.29, 0.717) is 36.5 Å². The summed E-state index contributed by atoms with van der Waals surface area (Å²) >= 11 is 3.62. The lowest BCUT2D eigenvalue weighted by Crippen LogP contribution is -2.53. The second kappa shape index (κ2) is 14.1. The van der Waals surface area contributed by atoms with Crippen LogP contribution in [0.1, 0.15) is 25.3 Å². The highest BCUT2D eigenvalue weighted by Gasteiger charge is 2.33. The number of piperidine rings is 1. The van der Waals surface area contributed by atoms with Gasteiger partial charge in [0.05, 0.1) is 34.0 Å². The van der Waals surface area contributed by atoms with Gasteiger partial charge in [-0.15, -0.1) is 0 Å². The largest absolute Gasteiger partial charge is 0.494 e. The smallest absolute Gasteiger partial charge is 0.229 e. The van der Waals surface area contributed by atoms with E-state index in [1.54, 1.807) is 25.7 Å². The normalized spacial score (nSPS) is 17.9. The Morgan fingerprint density at radius 1 is 1.02 bits per heavy atom. The number of amides is 1. The number of methoxy groups -OCH3 is 1. The summed E-state index contributed by atoms with van der Waals surface area (Å²) in [5.74, 6) is 1.83. The first-order valence-corrected chi connectivity index (χ1v) is 18.7. The lowest BCUT2D eigenvalue weighted by Gasteiger charge is -2.42. The quantitative estimate of drug-likeness (QED) is 0.221. The molecule has 1 unspecified atom stereocenters. The molecule has 242 valence electrons. The minimum atomic E-state index is -0.490. The van der Waals surface area contributed by atoms with Gasteiger partial charge >= 0.3 is 0 Å². The van der Waals surface area contributed by atoms with Crippen molar-refractivity contribution in [3.8, 4) is 5.75 Å². The average Bonchev–Trinajstić information content (AvgIpc) is 3.06. The molecule has 46 heavy (non-hydrogen) atoms. The van der Waals surface area contributed by atoms with Gasteiger partial charge in [-0.1, -0.05) is 14.8 Å². The molecule has 0 saturated carbocycles. The molecule has 2 aliphatic rings. The van der Waals surface area contributed by atoms with Crippen molar-refractivity contribution < 1.29 is 9.53 Å². The van der Waals surface area contributed by atoms with Gasteiger partial charge in [0.1, 0.15) is 11.6 Å². The van der Waals surface area contributed by atoms with E-state index >= 15 is 0 Å². The van der Waals surface area contributed by atoms with Gasteiger partial charge in [-0.2, -0.15) is 4.98 Å². The molecule has 13 heteroatoms. The number of likely N-dealkylation sites (N-methyl/N-ethyl adjacent to an activating group) is 1. The van der Waals surface area contributed by atoms with Gasteiger partial charge < -0.3 is 25.2 Å². The third-order valence-corrected chi connectivity index (χ3v) is 10.8. The van der Waals surface area contributed by atoms with Crippen molar-refractivity contribution in [2.75, 3.05) is 75.7 Å². The molecule has 4 heterocycles. The van der Waals surface area contributed by atoms with Gasteiger partial charge in [0.25, 0.3) is 0 Å². The van der Waals surface area contributed by atoms with Crippen molar-refractivity contribution in [2.45, 2.75) is 32.2 Å². The summed E-state index contributed by atoms with van der Waals surface area (Å²) in [7, 11) is 3.31. The summed E-state index contributed by atoms with van der Waals surface area (Å²) in [4.78, 5) is 38.8. The van der Waals surface area contributed by atoms with Gasteiger partial charge in [-0.3, -0.25) is 19.7 Å². The number of benzene rings is 2. The van der Waals surface area contributed by atoms with Gasteiger partial charge in [0.15, 0.2) is 0 Å². The predicted molar refractivity (Wildman–Crippen MR) is 191 cm³/mol. The number of anilines is 5. The maximum Gasteiger partial charge on any atom is 0.229 e. The molecule has 2 aromatic heterocycles. The first-order chi connectivity index (χ1) is 22.2. The highest BCUT2D eigenvalue weighted by Crippen LogP contribution is 2.38. The molecule has 1 atom stereocenters. The molecule has 0 bridgehead atoms. The van der Waals surface area contributed by atoms with Crippen molar-refractivity contribution >= 4 is 74.9 Å². The Morgan fingerprint density at radius 2 is 1.80 bits per heavy atom. The number of carbonyl (C=O) groups excluding carboxylic acids is 1. The van der Waals surface area contributed by atoms with E-state index in [0.717, 1.165) is 82.5 Å². The molecule has 0 aliphatic carbocycles. The third kappa shape index (κ3) is 6.81. The van der Waals surface area contributed by atoms with Crippen LogP contribution in [0.2, 0.25) is 0 Å². The zero-order chi connectivity index (χ0) is 32.4. The number of halogens is 1. The topological polar surface area (TPSA) is 112 Å². The van der Waals surface area contributed by atoms with Crippen molar-refractivity contribution in [2.24, 2.45) is 0 Å². The SMILES string of the molecule is CCc1cc(Nc2ncc(Br)c(Nc3ccc4nccnc4c3P(C)C)n2)c(OC)cc1N1CCC(N2CCN(C)CC2)CC1=O. The number of carbonyl (C=O) groups is 1. The Bertz CT molecular complexity index is 1730. The van der Waals surface area contributed by atoms with Gasteiger partial charge in [-0.05, 0) is 72.9 Å². The fraction of sp³-hybridized carbons (Fsp3) is 0.424. The molecule has 0 radical (unpaired) electrons. The summed E-state index contributed by atoms with van der Waals surface area (Å²) < 4.78 is 6.57. The fourth-order valence-electron chi connectivity index (χ4n) is 6.32. The number of nitrogens with zero attached hydrogens (tertiary/aromatic N) is 7. The second-order valence-corrected chi connectivity index (χ2v) is 15.1. The van der Waals surface area contributed by atoms with Gasteiger partial charge in [0, 0.05) is 80.8 Å². The second-order valence-electron chi connectivity index (χ2n) is 12.0. The van der Waals surface area contributed by atoms with Crippen LogP contribution in [0, 0.1) is 0 Å². The number of hydrogen-bond donors (Lipinski definition) is 2. The lowest BCUT2D eigenvalue weighted by atomic mass is 9.99. The first-order valence-electron chi connectivity index (χ1n) is 15.7. The van der Waals surface area contributed by atoms with Crippen LogP contribution in [0.3, 0.4) is 0 Å². The van der Waals surface area contributed by atoms with E-state index in [2.05, 4.69) is 78.6 Å². The van der Waals surface area contributed by atoms with Crippen molar-refractivity contribution in [1.82, 2.24) is 29.7 Å². The molecule has 4 aromatic rings. The zero-order valence-electron chi connectivity index (χ0n) is 27.0. The van der Waals surface area contributed by atoms with E-state index in [-0.39, 0.29) is 5.91 Å². The van der Waals surface area contributed by atoms with E-state index < -0.39 is 7.92 Å². The van der Waals surface area contributed by atoms with Gasteiger partial charge in [0.2, 0.25) is 11.9 Å². The van der Waals surface area contributed by atoms with Crippen LogP contribution < -0.4 is 25.6 Å². The number of nitrogens with one attached hydrogen (secondary N) is 2. The Kier molecular flexibility index (Phi) is 9.98. The summed E-state index contributed by atoms with van der Waals surface area (Å²) in [5, 5.41) is 8.01. The zero-order valence-corrected chi connectivity index (χ0v) is 29.5. The van der Waals surface area contributed by atoms with E-state index in [4.69, 9.17) is 9.72 Å². The molecular formula is C33H41BrN9O2P. The summed E-state index contributed by atoms with van der Waals surface area (Å²) in [6.07, 6.45) is 7.44. The number of rotatable bonds is 9. The standard InChI is InChI=1S/C33H41BrN9O2P/c1-6-21-17-26(28(45-3)19-27(21)43-12-9-22(18-29(43)44)42-15-13-41(2)14-16-42)39-33-37-20-23(34)32(40-33)38-25-8-7-24-30(31(25)46(4)5)36-11-10-35-24/h7-8,10-11,17,19-20,22H,6,9,12-16,18H2,1-5H3,(H2,37,38,39,40). The maximum absolute atomic E-state index is 13.5.